The molecule has 3 aromatic rings. The van der Waals surface area contributed by atoms with Crippen LogP contribution in [0.3, 0.4) is 0 Å². The van der Waals surface area contributed by atoms with Crippen LogP contribution in [-0.2, 0) is 7.05 Å². The molecule has 1 heterocycles. The summed E-state index contributed by atoms with van der Waals surface area (Å²) < 4.78 is 2.85. The zero-order valence-corrected chi connectivity index (χ0v) is 14.5. The minimum absolute atomic E-state index is 0.209. The van der Waals surface area contributed by atoms with Gasteiger partial charge in [-0.1, -0.05) is 35.0 Å². The third kappa shape index (κ3) is 3.07. The minimum Gasteiger partial charge on any atom is -0.507 e. The van der Waals surface area contributed by atoms with Crippen molar-refractivity contribution < 1.29 is 5.11 Å². The van der Waals surface area contributed by atoms with Crippen molar-refractivity contribution in [2.24, 2.45) is 12.1 Å². The van der Waals surface area contributed by atoms with Crippen molar-refractivity contribution in [2.45, 2.75) is 13.3 Å². The molecule has 0 fully saturated rings. The summed E-state index contributed by atoms with van der Waals surface area (Å²) in [4.78, 5) is 4.53. The second-order valence-electron chi connectivity index (χ2n) is 5.17. The maximum atomic E-state index is 10.1. The summed E-state index contributed by atoms with van der Waals surface area (Å²) in [5, 5.41) is 14.5. The van der Waals surface area contributed by atoms with E-state index < -0.39 is 0 Å². The van der Waals surface area contributed by atoms with Gasteiger partial charge in [-0.25, -0.2) is 10.4 Å². The van der Waals surface area contributed by atoms with E-state index in [-0.39, 0.29) is 5.75 Å². The number of aryl methyl sites for hydroxylation is 1. The Balaban J connectivity index is 1.95. The third-order valence-electron chi connectivity index (χ3n) is 3.68. The lowest BCUT2D eigenvalue weighted by atomic mass is 10.1. The van der Waals surface area contributed by atoms with Gasteiger partial charge in [-0.15, -0.1) is 0 Å². The van der Waals surface area contributed by atoms with Gasteiger partial charge >= 0.3 is 0 Å². The number of imidazole rings is 1. The molecule has 0 amide bonds. The number of phenols is 1. The standard InChI is InChI=1S/C17H17BrN4O/c1-3-13(12-10-11(18)8-9-16(12)23)20-21-17-19-14-6-4-5-7-15(14)22(17)2/h4-10,23H,3H2,1-2H3,(H,19,21)/b20-13+. The monoisotopic (exact) mass is 372 g/mol. The van der Waals surface area contributed by atoms with Gasteiger partial charge < -0.3 is 9.67 Å². The fraction of sp³-hybridized carbons (Fsp3) is 0.176. The highest BCUT2D eigenvalue weighted by molar-refractivity contribution is 9.10. The van der Waals surface area contributed by atoms with Crippen molar-refractivity contribution in [1.82, 2.24) is 9.55 Å². The average molecular weight is 373 g/mol. The van der Waals surface area contributed by atoms with Gasteiger partial charge in [-0.3, -0.25) is 0 Å². The van der Waals surface area contributed by atoms with Crippen LogP contribution in [0.1, 0.15) is 18.9 Å². The van der Waals surface area contributed by atoms with Crippen molar-refractivity contribution >= 4 is 38.6 Å². The van der Waals surface area contributed by atoms with Gasteiger partial charge in [0.15, 0.2) is 0 Å². The Morgan fingerprint density at radius 3 is 2.83 bits per heavy atom. The Morgan fingerprint density at radius 1 is 1.30 bits per heavy atom. The van der Waals surface area contributed by atoms with E-state index in [1.165, 1.54) is 0 Å². The minimum atomic E-state index is 0.209. The van der Waals surface area contributed by atoms with E-state index in [1.807, 2.05) is 48.9 Å². The van der Waals surface area contributed by atoms with E-state index in [0.717, 1.165) is 21.2 Å². The summed E-state index contributed by atoms with van der Waals surface area (Å²) in [5.74, 6) is 0.868. The van der Waals surface area contributed by atoms with E-state index in [0.29, 0.717) is 17.9 Å². The van der Waals surface area contributed by atoms with Crippen molar-refractivity contribution in [2.75, 3.05) is 5.43 Å². The predicted molar refractivity (Wildman–Crippen MR) is 97.0 cm³/mol. The van der Waals surface area contributed by atoms with Crippen LogP contribution in [0.15, 0.2) is 52.0 Å². The molecule has 0 saturated heterocycles. The van der Waals surface area contributed by atoms with Gasteiger partial charge in [0.05, 0.1) is 16.7 Å². The molecule has 0 saturated carbocycles. The number of fused-ring (bicyclic) bond motifs is 1. The Hall–Kier alpha value is -2.34. The number of hydrogen-bond donors (Lipinski definition) is 2. The quantitative estimate of drug-likeness (QED) is 0.530. The first-order valence-electron chi connectivity index (χ1n) is 7.33. The van der Waals surface area contributed by atoms with E-state index in [2.05, 4.69) is 31.4 Å². The van der Waals surface area contributed by atoms with Gasteiger partial charge in [-0.05, 0) is 36.8 Å². The SMILES string of the molecule is CC/C(=N\Nc1nc2ccccc2n1C)c1cc(Br)ccc1O. The zero-order chi connectivity index (χ0) is 16.4. The van der Waals surface area contributed by atoms with E-state index in [4.69, 9.17) is 0 Å². The van der Waals surface area contributed by atoms with Crippen molar-refractivity contribution in [3.63, 3.8) is 0 Å². The molecule has 0 aliphatic carbocycles. The Labute approximate surface area is 142 Å². The number of anilines is 1. The number of aromatic nitrogens is 2. The highest BCUT2D eigenvalue weighted by Crippen LogP contribution is 2.24. The number of nitrogens with zero attached hydrogens (tertiary/aromatic N) is 3. The predicted octanol–water partition coefficient (Wildman–Crippen LogP) is 4.27. The van der Waals surface area contributed by atoms with Gasteiger partial charge in [0, 0.05) is 17.1 Å². The number of rotatable bonds is 4. The lowest BCUT2D eigenvalue weighted by Gasteiger charge is -2.08. The molecule has 118 valence electrons. The van der Waals surface area contributed by atoms with Crippen LogP contribution >= 0.6 is 15.9 Å². The Bertz CT molecular complexity index is 885. The normalized spacial score (nSPS) is 11.9. The van der Waals surface area contributed by atoms with E-state index >= 15 is 0 Å². The zero-order valence-electron chi connectivity index (χ0n) is 12.9. The van der Waals surface area contributed by atoms with Crippen LogP contribution in [0.25, 0.3) is 11.0 Å². The summed E-state index contributed by atoms with van der Waals surface area (Å²) in [5.41, 5.74) is 6.42. The van der Waals surface area contributed by atoms with E-state index in [1.54, 1.807) is 12.1 Å². The maximum Gasteiger partial charge on any atom is 0.224 e. The largest absolute Gasteiger partial charge is 0.507 e. The molecule has 0 aliphatic rings. The number of halogens is 1. The first-order chi connectivity index (χ1) is 11.1. The molecule has 0 atom stereocenters. The number of aromatic hydroxyl groups is 1. The molecule has 5 nitrogen and oxygen atoms in total. The molecule has 0 radical (unpaired) electrons. The second kappa shape index (κ2) is 6.42. The highest BCUT2D eigenvalue weighted by atomic mass is 79.9. The summed E-state index contributed by atoms with van der Waals surface area (Å²) in [6.07, 6.45) is 0.682. The van der Waals surface area contributed by atoms with Gasteiger partial charge in [0.25, 0.3) is 0 Å². The van der Waals surface area contributed by atoms with E-state index in [9.17, 15) is 5.11 Å². The van der Waals surface area contributed by atoms with Crippen LogP contribution in [0.4, 0.5) is 5.95 Å². The van der Waals surface area contributed by atoms with Crippen LogP contribution in [0.2, 0.25) is 0 Å². The fourth-order valence-corrected chi connectivity index (χ4v) is 2.79. The molecule has 0 bridgehead atoms. The van der Waals surface area contributed by atoms with Crippen molar-refractivity contribution in [3.8, 4) is 5.75 Å². The molecule has 1 aromatic heterocycles. The second-order valence-corrected chi connectivity index (χ2v) is 6.08. The molecule has 2 aromatic carbocycles. The number of para-hydroxylation sites is 2. The summed E-state index contributed by atoms with van der Waals surface area (Å²) in [7, 11) is 1.94. The summed E-state index contributed by atoms with van der Waals surface area (Å²) in [6.45, 7) is 2.00. The molecular formula is C17H17BrN4O. The molecule has 3 rings (SSSR count). The molecule has 0 unspecified atom stereocenters. The van der Waals surface area contributed by atoms with Crippen LogP contribution in [-0.4, -0.2) is 20.4 Å². The topological polar surface area (TPSA) is 62.4 Å². The van der Waals surface area contributed by atoms with Gasteiger partial charge in [-0.2, -0.15) is 5.10 Å². The van der Waals surface area contributed by atoms with Gasteiger partial charge in [0.2, 0.25) is 5.95 Å². The summed E-state index contributed by atoms with van der Waals surface area (Å²) >= 11 is 3.42. The maximum absolute atomic E-state index is 10.1. The van der Waals surface area contributed by atoms with Crippen molar-refractivity contribution in [3.05, 3.63) is 52.5 Å². The van der Waals surface area contributed by atoms with Gasteiger partial charge in [0.1, 0.15) is 5.75 Å². The first kappa shape index (κ1) is 15.6. The molecule has 6 heteroatoms. The lowest BCUT2D eigenvalue weighted by molar-refractivity contribution is 0.474. The molecule has 0 aliphatic heterocycles. The number of phenolic OH excluding ortho intramolecular Hbond substituents is 1. The van der Waals surface area contributed by atoms with Crippen LogP contribution in [0.5, 0.6) is 5.75 Å². The fourth-order valence-electron chi connectivity index (χ4n) is 2.43. The highest BCUT2D eigenvalue weighted by Gasteiger charge is 2.10. The molecule has 23 heavy (non-hydrogen) atoms. The Morgan fingerprint density at radius 2 is 2.09 bits per heavy atom. The van der Waals surface area contributed by atoms with Crippen molar-refractivity contribution in [1.29, 1.82) is 0 Å². The van der Waals surface area contributed by atoms with Crippen LogP contribution in [0, 0.1) is 0 Å². The molecule has 2 N–H and O–H groups in total. The number of hydrogen-bond acceptors (Lipinski definition) is 4. The number of nitrogens with one attached hydrogen (secondary N) is 1. The average Bonchev–Trinajstić information content (AvgIpc) is 2.88. The summed E-state index contributed by atoms with van der Waals surface area (Å²) in [6, 6.07) is 13.2. The third-order valence-corrected chi connectivity index (χ3v) is 4.18. The van der Waals surface area contributed by atoms with Crippen LogP contribution < -0.4 is 5.43 Å². The first-order valence-corrected chi connectivity index (χ1v) is 8.12. The Kier molecular flexibility index (Phi) is 4.34. The smallest absolute Gasteiger partial charge is 0.224 e. The lowest BCUT2D eigenvalue weighted by Crippen LogP contribution is -2.06. The number of benzene rings is 2. The molecular weight excluding hydrogens is 356 g/mol. The number of hydrazone groups is 1. The molecule has 0 spiro atoms.